The van der Waals surface area contributed by atoms with Crippen LogP contribution >= 0.6 is 11.6 Å². The number of ether oxygens (including phenoxy) is 1. The first kappa shape index (κ1) is 15.4. The summed E-state index contributed by atoms with van der Waals surface area (Å²) < 4.78 is 6.89. The fraction of sp³-hybridized carbons (Fsp3) is 0.750. The van der Waals surface area contributed by atoms with Gasteiger partial charge in [-0.25, -0.2) is 0 Å². The van der Waals surface area contributed by atoms with Crippen LogP contribution in [0.25, 0.3) is 0 Å². The third-order valence-corrected chi connectivity index (χ3v) is 3.84. The molecule has 1 atom stereocenters. The number of halogens is 1. The Kier molecular flexibility index (Phi) is 5.16. The van der Waals surface area contributed by atoms with Crippen LogP contribution in [0.3, 0.4) is 0 Å². The second-order valence-corrected chi connectivity index (χ2v) is 5.53. The zero-order chi connectivity index (χ0) is 13.9. The fourth-order valence-corrected chi connectivity index (χ4v) is 1.91. The molecule has 0 saturated heterocycles. The molecule has 1 unspecified atom stereocenters. The highest BCUT2D eigenvalue weighted by Gasteiger charge is 2.33. The molecule has 5 nitrogen and oxygen atoms in total. The Labute approximate surface area is 114 Å². The minimum atomic E-state index is -0.223. The van der Waals surface area contributed by atoms with Crippen molar-refractivity contribution in [2.24, 2.45) is 5.73 Å². The highest BCUT2D eigenvalue weighted by molar-refractivity contribution is 6.31. The summed E-state index contributed by atoms with van der Waals surface area (Å²) in [5.74, 6) is 0. The van der Waals surface area contributed by atoms with Gasteiger partial charge in [-0.1, -0.05) is 11.6 Å². The normalized spacial score (nSPS) is 14.2. The van der Waals surface area contributed by atoms with Crippen LogP contribution in [0, 0.1) is 0 Å². The van der Waals surface area contributed by atoms with Crippen molar-refractivity contribution in [1.82, 2.24) is 14.7 Å². The summed E-state index contributed by atoms with van der Waals surface area (Å²) in [5, 5.41) is 4.86. The van der Waals surface area contributed by atoms with E-state index in [1.54, 1.807) is 13.3 Å². The van der Waals surface area contributed by atoms with Gasteiger partial charge >= 0.3 is 0 Å². The Morgan fingerprint density at radius 2 is 2.17 bits per heavy atom. The van der Waals surface area contributed by atoms with Crippen LogP contribution in [0.2, 0.25) is 5.02 Å². The number of nitrogens with zero attached hydrogens (tertiary/aromatic N) is 3. The largest absolute Gasteiger partial charge is 0.383 e. The molecule has 2 N–H and O–H groups in total. The van der Waals surface area contributed by atoms with E-state index in [-0.39, 0.29) is 11.6 Å². The Morgan fingerprint density at radius 3 is 2.67 bits per heavy atom. The van der Waals surface area contributed by atoms with Gasteiger partial charge in [-0.05, 0) is 27.9 Å². The summed E-state index contributed by atoms with van der Waals surface area (Å²) in [7, 11) is 5.67. The Morgan fingerprint density at radius 1 is 1.56 bits per heavy atom. The van der Waals surface area contributed by atoms with E-state index in [4.69, 9.17) is 22.1 Å². The van der Waals surface area contributed by atoms with Gasteiger partial charge in [-0.3, -0.25) is 4.68 Å². The highest BCUT2D eigenvalue weighted by atomic mass is 35.5. The predicted octanol–water partition coefficient (Wildman–Crippen LogP) is 1.52. The van der Waals surface area contributed by atoms with Crippen molar-refractivity contribution in [2.75, 3.05) is 27.8 Å². The zero-order valence-corrected chi connectivity index (χ0v) is 12.5. The predicted molar refractivity (Wildman–Crippen MR) is 73.8 cm³/mol. The smallest absolute Gasteiger partial charge is 0.0834 e. The minimum absolute atomic E-state index is 0.214. The van der Waals surface area contributed by atoms with Crippen molar-refractivity contribution >= 4 is 11.6 Å². The molecule has 0 aromatic carbocycles. The van der Waals surface area contributed by atoms with Gasteiger partial charge < -0.3 is 15.4 Å². The first-order valence-electron chi connectivity index (χ1n) is 5.95. The summed E-state index contributed by atoms with van der Waals surface area (Å²) in [5.41, 5.74) is 7.00. The monoisotopic (exact) mass is 274 g/mol. The molecule has 0 aliphatic heterocycles. The van der Waals surface area contributed by atoms with E-state index < -0.39 is 0 Å². The van der Waals surface area contributed by atoms with Crippen LogP contribution in [0.5, 0.6) is 0 Å². The van der Waals surface area contributed by atoms with Crippen LogP contribution in [-0.4, -0.2) is 48.0 Å². The number of rotatable bonds is 6. The maximum atomic E-state index is 6.36. The van der Waals surface area contributed by atoms with Gasteiger partial charge in [-0.15, -0.1) is 0 Å². The van der Waals surface area contributed by atoms with E-state index in [1.807, 2.05) is 18.8 Å². The van der Waals surface area contributed by atoms with Gasteiger partial charge in [0.05, 0.1) is 36.1 Å². The molecule has 6 heteroatoms. The Bertz CT molecular complexity index is 389. The average molecular weight is 275 g/mol. The number of hydrogen-bond donors (Lipinski definition) is 1. The third-order valence-electron chi connectivity index (χ3n) is 3.55. The van der Waals surface area contributed by atoms with E-state index in [1.165, 1.54) is 0 Å². The molecule has 0 fully saturated rings. The van der Waals surface area contributed by atoms with Gasteiger partial charge in [0.25, 0.3) is 0 Å². The van der Waals surface area contributed by atoms with E-state index in [2.05, 4.69) is 23.8 Å². The van der Waals surface area contributed by atoms with Crippen molar-refractivity contribution in [3.8, 4) is 0 Å². The molecular weight excluding hydrogens is 252 g/mol. The molecule has 18 heavy (non-hydrogen) atoms. The van der Waals surface area contributed by atoms with Crippen molar-refractivity contribution < 1.29 is 4.74 Å². The molecule has 0 spiro atoms. The van der Waals surface area contributed by atoms with Crippen molar-refractivity contribution in [3.05, 3.63) is 16.9 Å². The lowest BCUT2D eigenvalue weighted by molar-refractivity contribution is 0.149. The molecule has 1 aromatic heterocycles. The number of methoxy groups -OCH3 is 1. The van der Waals surface area contributed by atoms with Crippen LogP contribution in [0.15, 0.2) is 6.20 Å². The summed E-state index contributed by atoms with van der Waals surface area (Å²) in [6.45, 7) is 5.40. The summed E-state index contributed by atoms with van der Waals surface area (Å²) in [6.07, 6.45) is 1.64. The molecule has 1 aromatic rings. The fourth-order valence-electron chi connectivity index (χ4n) is 1.65. The summed E-state index contributed by atoms with van der Waals surface area (Å²) >= 11 is 6.21. The first-order valence-corrected chi connectivity index (χ1v) is 6.33. The topological polar surface area (TPSA) is 56.3 Å². The van der Waals surface area contributed by atoms with E-state index in [9.17, 15) is 0 Å². The van der Waals surface area contributed by atoms with Crippen LogP contribution in [0.1, 0.15) is 25.6 Å². The number of likely N-dealkylation sites (N-methyl/N-ethyl adjacent to an activating group) is 1. The second-order valence-electron chi connectivity index (χ2n) is 5.12. The lowest BCUT2D eigenvalue weighted by Gasteiger charge is -2.38. The molecule has 1 rings (SSSR count). The van der Waals surface area contributed by atoms with Crippen LogP contribution < -0.4 is 5.73 Å². The minimum Gasteiger partial charge on any atom is -0.383 e. The van der Waals surface area contributed by atoms with Gasteiger partial charge in [0.1, 0.15) is 0 Å². The summed E-state index contributed by atoms with van der Waals surface area (Å²) in [4.78, 5) is 2.08. The number of hydrogen-bond acceptors (Lipinski definition) is 4. The van der Waals surface area contributed by atoms with E-state index in [0.717, 1.165) is 5.69 Å². The number of aromatic nitrogens is 2. The van der Waals surface area contributed by atoms with Gasteiger partial charge in [0.15, 0.2) is 0 Å². The molecular formula is C12H23ClN4O. The first-order chi connectivity index (χ1) is 8.32. The van der Waals surface area contributed by atoms with E-state index in [0.29, 0.717) is 18.2 Å². The quantitative estimate of drug-likeness (QED) is 0.855. The van der Waals surface area contributed by atoms with Crippen LogP contribution in [-0.2, 0) is 11.3 Å². The molecule has 0 aliphatic carbocycles. The average Bonchev–Trinajstić information content (AvgIpc) is 2.66. The van der Waals surface area contributed by atoms with Gasteiger partial charge in [0, 0.05) is 12.6 Å². The van der Waals surface area contributed by atoms with Gasteiger partial charge in [0.2, 0.25) is 0 Å². The third kappa shape index (κ3) is 3.03. The molecule has 0 radical (unpaired) electrons. The van der Waals surface area contributed by atoms with Crippen molar-refractivity contribution in [1.29, 1.82) is 0 Å². The standard InChI is InChI=1S/C12H23ClN4O/c1-12(2,16(3)4)11(14)10-9(13)8-15-17(10)6-7-18-5/h8,11H,6-7,14H2,1-5H3. The SMILES string of the molecule is COCCn1ncc(Cl)c1C(N)C(C)(C)N(C)C. The maximum absolute atomic E-state index is 6.36. The summed E-state index contributed by atoms with van der Waals surface area (Å²) in [6, 6.07) is -0.223. The molecule has 104 valence electrons. The lowest BCUT2D eigenvalue weighted by atomic mass is 9.91. The maximum Gasteiger partial charge on any atom is 0.0834 e. The molecule has 0 amide bonds. The van der Waals surface area contributed by atoms with Crippen molar-refractivity contribution in [3.63, 3.8) is 0 Å². The Hall–Kier alpha value is -0.620. The highest BCUT2D eigenvalue weighted by Crippen LogP contribution is 2.31. The zero-order valence-electron chi connectivity index (χ0n) is 11.8. The molecule has 0 bridgehead atoms. The molecule has 1 heterocycles. The Balaban J connectivity index is 3.04. The van der Waals surface area contributed by atoms with Crippen LogP contribution in [0.4, 0.5) is 0 Å². The second kappa shape index (κ2) is 6.02. The van der Waals surface area contributed by atoms with E-state index >= 15 is 0 Å². The lowest BCUT2D eigenvalue weighted by Crippen LogP contribution is -2.48. The van der Waals surface area contributed by atoms with Gasteiger partial charge in [-0.2, -0.15) is 5.10 Å². The molecule has 0 aliphatic rings. The number of nitrogens with two attached hydrogens (primary N) is 1. The molecule has 0 saturated carbocycles. The van der Waals surface area contributed by atoms with Crippen molar-refractivity contribution in [2.45, 2.75) is 32.0 Å².